The molecule has 3 heteroatoms. The zero-order chi connectivity index (χ0) is 12.7. The maximum absolute atomic E-state index is 11.4. The van der Waals surface area contributed by atoms with Crippen molar-refractivity contribution in [3.63, 3.8) is 0 Å². The fourth-order valence-corrected chi connectivity index (χ4v) is 1.79. The molecule has 0 aliphatic rings. The number of hydrogen-bond donors (Lipinski definition) is 1. The molecule has 0 bridgehead atoms. The van der Waals surface area contributed by atoms with E-state index in [1.807, 2.05) is 6.92 Å². The van der Waals surface area contributed by atoms with Crippen LogP contribution in [0.5, 0.6) is 0 Å². The summed E-state index contributed by atoms with van der Waals surface area (Å²) in [5, 5.41) is 3.21. The van der Waals surface area contributed by atoms with Crippen LogP contribution in [0.1, 0.15) is 24.5 Å². The zero-order valence-electron chi connectivity index (χ0n) is 10.8. The Labute approximate surface area is 103 Å². The van der Waals surface area contributed by atoms with Gasteiger partial charge in [-0.25, -0.2) is 0 Å². The second-order valence-corrected chi connectivity index (χ2v) is 4.18. The van der Waals surface area contributed by atoms with E-state index < -0.39 is 0 Å². The Morgan fingerprint density at radius 1 is 1.47 bits per heavy atom. The second-order valence-electron chi connectivity index (χ2n) is 4.18. The smallest absolute Gasteiger partial charge is 0.322 e. The van der Waals surface area contributed by atoms with E-state index in [-0.39, 0.29) is 12.0 Å². The lowest BCUT2D eigenvalue weighted by Gasteiger charge is -2.14. The molecule has 1 aromatic rings. The van der Waals surface area contributed by atoms with Crippen molar-refractivity contribution < 1.29 is 9.53 Å². The number of nitrogens with one attached hydrogen (secondary N) is 1. The molecule has 1 N–H and O–H groups in total. The molecule has 0 aromatic heterocycles. The van der Waals surface area contributed by atoms with Gasteiger partial charge in [0.25, 0.3) is 0 Å². The number of rotatable bonds is 6. The van der Waals surface area contributed by atoms with Crippen molar-refractivity contribution in [3.8, 4) is 0 Å². The lowest BCUT2D eigenvalue weighted by atomic mass is 10.1. The van der Waals surface area contributed by atoms with Crippen molar-refractivity contribution >= 4 is 5.97 Å². The summed E-state index contributed by atoms with van der Waals surface area (Å²) in [7, 11) is 1.42. The summed E-state index contributed by atoms with van der Waals surface area (Å²) >= 11 is 0. The fraction of sp³-hybridized carbons (Fsp3) is 0.500. The summed E-state index contributed by atoms with van der Waals surface area (Å²) in [5.41, 5.74) is 2.56. The van der Waals surface area contributed by atoms with Crippen molar-refractivity contribution in [2.45, 2.75) is 32.7 Å². The van der Waals surface area contributed by atoms with Gasteiger partial charge in [-0.05, 0) is 31.9 Å². The molecular weight excluding hydrogens is 214 g/mol. The Hall–Kier alpha value is -1.35. The molecule has 0 spiro atoms. The Bertz CT molecular complexity index is 363. The van der Waals surface area contributed by atoms with E-state index in [2.05, 4.69) is 36.5 Å². The first-order valence-electron chi connectivity index (χ1n) is 6.04. The molecule has 0 radical (unpaired) electrons. The first kappa shape index (κ1) is 13.7. The minimum Gasteiger partial charge on any atom is -0.468 e. The molecule has 94 valence electrons. The number of carbonyl (C=O) groups excluding carboxylic acids is 1. The largest absolute Gasteiger partial charge is 0.468 e. The summed E-state index contributed by atoms with van der Waals surface area (Å²) in [6.45, 7) is 4.85. The average Bonchev–Trinajstić information content (AvgIpc) is 2.34. The molecule has 0 amide bonds. The van der Waals surface area contributed by atoms with Crippen LogP contribution < -0.4 is 5.32 Å². The van der Waals surface area contributed by atoms with Crippen molar-refractivity contribution in [1.82, 2.24) is 5.32 Å². The van der Waals surface area contributed by atoms with Crippen molar-refractivity contribution in [2.75, 3.05) is 13.7 Å². The maximum Gasteiger partial charge on any atom is 0.322 e. The topological polar surface area (TPSA) is 38.3 Å². The molecule has 17 heavy (non-hydrogen) atoms. The highest BCUT2D eigenvalue weighted by Gasteiger charge is 2.15. The van der Waals surface area contributed by atoms with Gasteiger partial charge >= 0.3 is 5.97 Å². The van der Waals surface area contributed by atoms with Crippen LogP contribution in [0.2, 0.25) is 0 Å². The molecular formula is C14H21NO2. The summed E-state index contributed by atoms with van der Waals surface area (Å²) in [6.07, 6.45) is 1.68. The van der Waals surface area contributed by atoms with E-state index in [1.54, 1.807) is 0 Å². The third-order valence-corrected chi connectivity index (χ3v) is 2.78. The number of benzene rings is 1. The molecule has 0 aliphatic heterocycles. The van der Waals surface area contributed by atoms with Gasteiger partial charge in [-0.2, -0.15) is 0 Å². The van der Waals surface area contributed by atoms with Crippen LogP contribution in [0.15, 0.2) is 24.3 Å². The van der Waals surface area contributed by atoms with Gasteiger partial charge in [0.2, 0.25) is 0 Å². The number of hydrogen-bond acceptors (Lipinski definition) is 3. The molecule has 0 aliphatic carbocycles. The maximum atomic E-state index is 11.4. The molecule has 0 heterocycles. The van der Waals surface area contributed by atoms with E-state index in [0.717, 1.165) is 19.4 Å². The van der Waals surface area contributed by atoms with Crippen LogP contribution >= 0.6 is 0 Å². The van der Waals surface area contributed by atoms with Crippen LogP contribution in [0.4, 0.5) is 0 Å². The molecule has 0 saturated heterocycles. The van der Waals surface area contributed by atoms with Crippen LogP contribution in [0.3, 0.4) is 0 Å². The Balaban J connectivity index is 2.38. The monoisotopic (exact) mass is 235 g/mol. The predicted molar refractivity (Wildman–Crippen MR) is 69.0 cm³/mol. The van der Waals surface area contributed by atoms with Gasteiger partial charge < -0.3 is 10.1 Å². The van der Waals surface area contributed by atoms with E-state index in [4.69, 9.17) is 4.74 Å². The Kier molecular flexibility index (Phi) is 5.70. The molecule has 1 atom stereocenters. The van der Waals surface area contributed by atoms with E-state index in [9.17, 15) is 4.79 Å². The van der Waals surface area contributed by atoms with Crippen LogP contribution in [0, 0.1) is 6.92 Å². The van der Waals surface area contributed by atoms with Gasteiger partial charge in [-0.1, -0.05) is 36.8 Å². The van der Waals surface area contributed by atoms with Crippen molar-refractivity contribution in [3.05, 3.63) is 35.4 Å². The first-order valence-corrected chi connectivity index (χ1v) is 6.04. The SMILES string of the molecule is CCC(NCCc1cccc(C)c1)C(=O)OC. The molecule has 0 saturated carbocycles. The molecule has 1 rings (SSSR count). The summed E-state index contributed by atoms with van der Waals surface area (Å²) in [6, 6.07) is 8.22. The van der Waals surface area contributed by atoms with Gasteiger partial charge in [-0.15, -0.1) is 0 Å². The number of methoxy groups -OCH3 is 1. The van der Waals surface area contributed by atoms with Crippen LogP contribution in [0.25, 0.3) is 0 Å². The van der Waals surface area contributed by atoms with Crippen LogP contribution in [-0.2, 0) is 16.0 Å². The summed E-state index contributed by atoms with van der Waals surface area (Å²) in [4.78, 5) is 11.4. The number of esters is 1. The van der Waals surface area contributed by atoms with Gasteiger partial charge in [0.1, 0.15) is 6.04 Å². The van der Waals surface area contributed by atoms with Crippen LogP contribution in [-0.4, -0.2) is 25.7 Å². The Morgan fingerprint density at radius 2 is 2.24 bits per heavy atom. The van der Waals surface area contributed by atoms with Crippen molar-refractivity contribution in [2.24, 2.45) is 0 Å². The first-order chi connectivity index (χ1) is 8.17. The van der Waals surface area contributed by atoms with Gasteiger partial charge in [0.05, 0.1) is 7.11 Å². The third kappa shape index (κ3) is 4.57. The lowest BCUT2D eigenvalue weighted by molar-refractivity contribution is -0.143. The Morgan fingerprint density at radius 3 is 2.82 bits per heavy atom. The number of aryl methyl sites for hydroxylation is 1. The van der Waals surface area contributed by atoms with Gasteiger partial charge in [0.15, 0.2) is 0 Å². The third-order valence-electron chi connectivity index (χ3n) is 2.78. The second kappa shape index (κ2) is 7.07. The summed E-state index contributed by atoms with van der Waals surface area (Å²) < 4.78 is 4.72. The number of ether oxygens (including phenoxy) is 1. The fourth-order valence-electron chi connectivity index (χ4n) is 1.79. The molecule has 3 nitrogen and oxygen atoms in total. The number of carbonyl (C=O) groups is 1. The van der Waals surface area contributed by atoms with E-state index >= 15 is 0 Å². The minimum atomic E-state index is -0.190. The molecule has 0 fully saturated rings. The van der Waals surface area contributed by atoms with Gasteiger partial charge in [0, 0.05) is 0 Å². The highest BCUT2D eigenvalue weighted by atomic mass is 16.5. The van der Waals surface area contributed by atoms with Gasteiger partial charge in [-0.3, -0.25) is 4.79 Å². The van der Waals surface area contributed by atoms with E-state index in [1.165, 1.54) is 18.2 Å². The average molecular weight is 235 g/mol. The van der Waals surface area contributed by atoms with Crippen molar-refractivity contribution in [1.29, 1.82) is 0 Å². The zero-order valence-corrected chi connectivity index (χ0v) is 10.8. The highest BCUT2D eigenvalue weighted by Crippen LogP contribution is 2.04. The lowest BCUT2D eigenvalue weighted by Crippen LogP contribution is -2.38. The quantitative estimate of drug-likeness (QED) is 0.767. The van der Waals surface area contributed by atoms with E-state index in [0.29, 0.717) is 0 Å². The highest BCUT2D eigenvalue weighted by molar-refractivity contribution is 5.75. The normalized spacial score (nSPS) is 12.2. The molecule has 1 unspecified atom stereocenters. The predicted octanol–water partition coefficient (Wildman–Crippen LogP) is 2.08. The minimum absolute atomic E-state index is 0.184. The summed E-state index contributed by atoms with van der Waals surface area (Å²) in [5.74, 6) is -0.184. The molecule has 1 aromatic carbocycles. The standard InChI is InChI=1S/C14H21NO2/c1-4-13(14(16)17-3)15-9-8-12-7-5-6-11(2)10-12/h5-7,10,13,15H,4,8-9H2,1-3H3.